The van der Waals surface area contributed by atoms with Gasteiger partial charge >= 0.3 is 0 Å². The molecule has 0 aliphatic heterocycles. The molecule has 0 fully saturated rings. The Labute approximate surface area is 114 Å². The van der Waals surface area contributed by atoms with Crippen LogP contribution in [0.15, 0.2) is 18.2 Å². The van der Waals surface area contributed by atoms with E-state index in [4.69, 9.17) is 23.2 Å². The number of ketones is 1. The van der Waals surface area contributed by atoms with Crippen molar-refractivity contribution < 1.29 is 18.3 Å². The van der Waals surface area contributed by atoms with Gasteiger partial charge in [-0.05, 0) is 17.7 Å². The molecule has 18 heavy (non-hydrogen) atoms. The summed E-state index contributed by atoms with van der Waals surface area (Å²) in [5, 5.41) is 0.841. The van der Waals surface area contributed by atoms with E-state index < -0.39 is 13.0 Å². The molecule has 1 rings (SSSR count). The summed E-state index contributed by atoms with van der Waals surface area (Å²) in [5.41, 5.74) is 0.555. The van der Waals surface area contributed by atoms with E-state index in [9.17, 15) is 13.6 Å². The minimum atomic E-state index is -2.52. The van der Waals surface area contributed by atoms with Gasteiger partial charge in [-0.15, -0.1) is 0 Å². The van der Waals surface area contributed by atoms with E-state index in [0.717, 1.165) is 0 Å². The second-order valence-corrected chi connectivity index (χ2v) is 4.45. The predicted octanol–water partition coefficient (Wildman–Crippen LogP) is 3.78. The molecule has 1 aromatic carbocycles. The standard InChI is InChI=1S/C12H12Cl2F2O2/c13-10-2-1-3-11(14)9(10)6-8(17)4-5-18-7-12(15)16/h1-3,12H,4-7H2. The maximum atomic E-state index is 11.8. The summed E-state index contributed by atoms with van der Waals surface area (Å²) >= 11 is 11.8. The minimum Gasteiger partial charge on any atom is -0.375 e. The van der Waals surface area contributed by atoms with Gasteiger partial charge in [-0.25, -0.2) is 8.78 Å². The summed E-state index contributed by atoms with van der Waals surface area (Å²) < 4.78 is 28.2. The van der Waals surface area contributed by atoms with Crippen LogP contribution in [-0.2, 0) is 16.0 Å². The van der Waals surface area contributed by atoms with Gasteiger partial charge in [0.05, 0.1) is 6.61 Å². The summed E-state index contributed by atoms with van der Waals surface area (Å²) in [6.07, 6.45) is -2.37. The average Bonchev–Trinajstić information content (AvgIpc) is 2.29. The molecule has 6 heteroatoms. The van der Waals surface area contributed by atoms with Crippen LogP contribution in [0.4, 0.5) is 8.78 Å². The molecular formula is C12H12Cl2F2O2. The molecule has 100 valence electrons. The van der Waals surface area contributed by atoms with Gasteiger partial charge < -0.3 is 4.74 Å². The Morgan fingerprint density at radius 3 is 2.44 bits per heavy atom. The Hall–Kier alpha value is -0.710. The van der Waals surface area contributed by atoms with Gasteiger partial charge in [0.2, 0.25) is 0 Å². The SMILES string of the molecule is O=C(CCOCC(F)F)Cc1c(Cl)cccc1Cl. The van der Waals surface area contributed by atoms with Crippen LogP contribution in [0.3, 0.4) is 0 Å². The van der Waals surface area contributed by atoms with Crippen LogP contribution in [0.25, 0.3) is 0 Å². The quantitative estimate of drug-likeness (QED) is 0.716. The number of benzene rings is 1. The van der Waals surface area contributed by atoms with Crippen LogP contribution in [0.1, 0.15) is 12.0 Å². The number of ether oxygens (including phenoxy) is 1. The van der Waals surface area contributed by atoms with Crippen LogP contribution in [0.2, 0.25) is 10.0 Å². The predicted molar refractivity (Wildman–Crippen MR) is 66.6 cm³/mol. The fraction of sp³-hybridized carbons (Fsp3) is 0.417. The fourth-order valence-electron chi connectivity index (χ4n) is 1.35. The highest BCUT2D eigenvalue weighted by atomic mass is 35.5. The lowest BCUT2D eigenvalue weighted by Gasteiger charge is -2.06. The van der Waals surface area contributed by atoms with Crippen LogP contribution >= 0.6 is 23.2 Å². The molecule has 0 heterocycles. The molecule has 0 aliphatic rings. The average molecular weight is 297 g/mol. The Kier molecular flexibility index (Phi) is 6.54. The van der Waals surface area contributed by atoms with E-state index in [-0.39, 0.29) is 25.2 Å². The van der Waals surface area contributed by atoms with E-state index >= 15 is 0 Å². The third-order valence-electron chi connectivity index (χ3n) is 2.20. The van der Waals surface area contributed by atoms with Gasteiger partial charge in [-0.2, -0.15) is 0 Å². The molecule has 0 radical (unpaired) electrons. The summed E-state index contributed by atoms with van der Waals surface area (Å²) in [4.78, 5) is 11.6. The van der Waals surface area contributed by atoms with Crippen molar-refractivity contribution in [2.75, 3.05) is 13.2 Å². The highest BCUT2D eigenvalue weighted by molar-refractivity contribution is 6.36. The monoisotopic (exact) mass is 296 g/mol. The number of carbonyl (C=O) groups excluding carboxylic acids is 1. The molecule has 0 N–H and O–H groups in total. The molecule has 0 aliphatic carbocycles. The summed E-state index contributed by atoms with van der Waals surface area (Å²) in [7, 11) is 0. The molecule has 0 atom stereocenters. The van der Waals surface area contributed by atoms with Crippen LogP contribution in [-0.4, -0.2) is 25.4 Å². The molecule has 0 amide bonds. The lowest BCUT2D eigenvalue weighted by Crippen LogP contribution is -2.11. The Balaban J connectivity index is 2.40. The molecule has 0 spiro atoms. The maximum Gasteiger partial charge on any atom is 0.261 e. The zero-order valence-electron chi connectivity index (χ0n) is 9.47. The van der Waals surface area contributed by atoms with Crippen molar-refractivity contribution in [1.82, 2.24) is 0 Å². The van der Waals surface area contributed by atoms with Crippen molar-refractivity contribution in [2.24, 2.45) is 0 Å². The number of rotatable bonds is 7. The maximum absolute atomic E-state index is 11.8. The number of hydrogen-bond acceptors (Lipinski definition) is 2. The van der Waals surface area contributed by atoms with Gasteiger partial charge in [0, 0.05) is 22.9 Å². The highest BCUT2D eigenvalue weighted by Gasteiger charge is 2.11. The smallest absolute Gasteiger partial charge is 0.261 e. The first-order chi connectivity index (χ1) is 8.50. The van der Waals surface area contributed by atoms with Gasteiger partial charge in [0.15, 0.2) is 0 Å². The van der Waals surface area contributed by atoms with E-state index in [0.29, 0.717) is 15.6 Å². The molecule has 0 unspecified atom stereocenters. The Bertz CT molecular complexity index is 391. The van der Waals surface area contributed by atoms with Gasteiger partial charge in [-0.1, -0.05) is 29.3 Å². The van der Waals surface area contributed by atoms with Crippen molar-refractivity contribution in [3.8, 4) is 0 Å². The third kappa shape index (κ3) is 5.29. The van der Waals surface area contributed by atoms with E-state index in [2.05, 4.69) is 4.74 Å². The van der Waals surface area contributed by atoms with Crippen LogP contribution in [0, 0.1) is 0 Å². The molecule has 0 aromatic heterocycles. The Morgan fingerprint density at radius 1 is 1.28 bits per heavy atom. The zero-order valence-corrected chi connectivity index (χ0v) is 11.0. The molecule has 0 saturated carbocycles. The van der Waals surface area contributed by atoms with Gasteiger partial charge in [0.1, 0.15) is 12.4 Å². The minimum absolute atomic E-state index is 0.0226. The van der Waals surface area contributed by atoms with E-state index in [1.807, 2.05) is 0 Å². The lowest BCUT2D eigenvalue weighted by molar-refractivity contribution is -0.119. The number of halogens is 4. The van der Waals surface area contributed by atoms with Crippen molar-refractivity contribution in [3.63, 3.8) is 0 Å². The second-order valence-electron chi connectivity index (χ2n) is 3.63. The second kappa shape index (κ2) is 7.67. The fourth-order valence-corrected chi connectivity index (χ4v) is 1.88. The van der Waals surface area contributed by atoms with Crippen LogP contribution in [0.5, 0.6) is 0 Å². The van der Waals surface area contributed by atoms with Crippen molar-refractivity contribution in [3.05, 3.63) is 33.8 Å². The topological polar surface area (TPSA) is 26.3 Å². The Morgan fingerprint density at radius 2 is 1.89 bits per heavy atom. The number of carbonyl (C=O) groups is 1. The largest absolute Gasteiger partial charge is 0.375 e. The zero-order chi connectivity index (χ0) is 13.5. The van der Waals surface area contributed by atoms with Crippen LogP contribution < -0.4 is 0 Å². The van der Waals surface area contributed by atoms with Gasteiger partial charge in [0.25, 0.3) is 6.43 Å². The summed E-state index contributed by atoms with van der Waals surface area (Å²) in [5.74, 6) is -0.153. The third-order valence-corrected chi connectivity index (χ3v) is 2.91. The van der Waals surface area contributed by atoms with Gasteiger partial charge in [-0.3, -0.25) is 4.79 Å². The molecular weight excluding hydrogens is 285 g/mol. The van der Waals surface area contributed by atoms with E-state index in [1.165, 1.54) is 0 Å². The number of hydrogen-bond donors (Lipinski definition) is 0. The molecule has 1 aromatic rings. The first-order valence-electron chi connectivity index (χ1n) is 5.31. The normalized spacial score (nSPS) is 10.9. The summed E-state index contributed by atoms with van der Waals surface area (Å²) in [6, 6.07) is 4.97. The lowest BCUT2D eigenvalue weighted by atomic mass is 10.1. The molecule has 2 nitrogen and oxygen atoms in total. The first-order valence-corrected chi connectivity index (χ1v) is 6.06. The van der Waals surface area contributed by atoms with Crippen molar-refractivity contribution in [1.29, 1.82) is 0 Å². The molecule has 0 bridgehead atoms. The number of alkyl halides is 2. The van der Waals surface area contributed by atoms with Crippen molar-refractivity contribution >= 4 is 29.0 Å². The first kappa shape index (κ1) is 15.3. The number of Topliss-reactive ketones (excluding diaryl/α,β-unsaturated/α-hetero) is 1. The molecule has 0 saturated heterocycles. The van der Waals surface area contributed by atoms with E-state index in [1.54, 1.807) is 18.2 Å². The summed E-state index contributed by atoms with van der Waals surface area (Å²) in [6.45, 7) is -0.675. The van der Waals surface area contributed by atoms with Crippen molar-refractivity contribution in [2.45, 2.75) is 19.3 Å². The highest BCUT2D eigenvalue weighted by Crippen LogP contribution is 2.25.